The molecule has 0 N–H and O–H groups in total. The lowest BCUT2D eigenvalue weighted by Crippen LogP contribution is -2.46. The zero-order valence-electron chi connectivity index (χ0n) is 14.1. The predicted octanol–water partition coefficient (Wildman–Crippen LogP) is 5.90. The molecule has 118 valence electrons. The van der Waals surface area contributed by atoms with Crippen molar-refractivity contribution in [1.29, 1.82) is 0 Å². The molecule has 0 heterocycles. The first-order valence-corrected chi connectivity index (χ1v) is 10.2. The van der Waals surface area contributed by atoms with Crippen LogP contribution in [-0.4, -0.2) is 0 Å². The molecule has 0 heteroatoms. The van der Waals surface area contributed by atoms with Crippen LogP contribution in [0.1, 0.15) is 71.1 Å². The largest absolute Gasteiger partial charge is 0.0596 e. The summed E-state index contributed by atoms with van der Waals surface area (Å²) >= 11 is 0. The first-order valence-electron chi connectivity index (χ1n) is 10.2. The molecule has 0 aromatic rings. The van der Waals surface area contributed by atoms with Gasteiger partial charge in [-0.15, -0.1) is 0 Å². The Morgan fingerprint density at radius 2 is 1.64 bits per heavy atom. The van der Waals surface area contributed by atoms with Crippen LogP contribution in [0, 0.1) is 40.9 Å². The number of hydrogen-bond donors (Lipinski definition) is 0. The van der Waals surface area contributed by atoms with Crippen LogP contribution in [0.15, 0.2) is 22.8 Å². The number of rotatable bonds is 1. The lowest BCUT2D eigenvalue weighted by molar-refractivity contribution is -0.0314. The fraction of sp³-hybridized carbons (Fsp3) is 0.818. The highest BCUT2D eigenvalue weighted by Gasteiger charge is 2.54. The van der Waals surface area contributed by atoms with Gasteiger partial charge in [-0.05, 0) is 104 Å². The minimum Gasteiger partial charge on any atom is -0.0596 e. The Morgan fingerprint density at radius 3 is 2.32 bits per heavy atom. The molecule has 7 aliphatic carbocycles. The highest BCUT2D eigenvalue weighted by Crippen LogP contribution is 2.66. The van der Waals surface area contributed by atoms with Crippen molar-refractivity contribution in [3.8, 4) is 0 Å². The third-order valence-electron chi connectivity index (χ3n) is 8.95. The molecular weight excluding hydrogens is 264 g/mol. The fourth-order valence-electron chi connectivity index (χ4n) is 8.50. The lowest BCUT2D eigenvalue weighted by Gasteiger charge is -2.57. The highest BCUT2D eigenvalue weighted by molar-refractivity contribution is 5.49. The molecule has 0 aromatic heterocycles. The van der Waals surface area contributed by atoms with Crippen molar-refractivity contribution in [2.24, 2.45) is 40.9 Å². The summed E-state index contributed by atoms with van der Waals surface area (Å²) in [7, 11) is 0. The van der Waals surface area contributed by atoms with E-state index in [9.17, 15) is 0 Å². The van der Waals surface area contributed by atoms with E-state index in [0.717, 1.165) is 35.5 Å². The van der Waals surface area contributed by atoms with Gasteiger partial charge in [-0.3, -0.25) is 0 Å². The minimum absolute atomic E-state index is 0.674. The Kier molecular flexibility index (Phi) is 2.40. The van der Waals surface area contributed by atoms with E-state index in [1.807, 2.05) is 16.7 Å². The van der Waals surface area contributed by atoms with Crippen molar-refractivity contribution in [2.75, 3.05) is 0 Å². The molecule has 7 aliphatic rings. The van der Waals surface area contributed by atoms with Crippen LogP contribution in [0.5, 0.6) is 0 Å². The molecule has 3 unspecified atom stereocenters. The summed E-state index contributed by atoms with van der Waals surface area (Å²) < 4.78 is 0. The minimum atomic E-state index is 0.674. The van der Waals surface area contributed by atoms with Crippen molar-refractivity contribution >= 4 is 0 Å². The molecule has 0 nitrogen and oxygen atoms in total. The van der Waals surface area contributed by atoms with E-state index in [0.29, 0.717) is 5.41 Å². The Balaban J connectivity index is 1.35. The molecule has 5 saturated carbocycles. The molecular formula is C22H30. The summed E-state index contributed by atoms with van der Waals surface area (Å²) in [6.07, 6.45) is 18.1. The third-order valence-corrected chi connectivity index (χ3v) is 8.95. The van der Waals surface area contributed by atoms with E-state index >= 15 is 0 Å². The molecule has 5 fully saturated rings. The second-order valence-electron chi connectivity index (χ2n) is 10.0. The van der Waals surface area contributed by atoms with Crippen LogP contribution in [-0.2, 0) is 0 Å². The Morgan fingerprint density at radius 1 is 0.955 bits per heavy atom. The Labute approximate surface area is 135 Å². The molecule has 22 heavy (non-hydrogen) atoms. The van der Waals surface area contributed by atoms with Crippen LogP contribution >= 0.6 is 0 Å². The van der Waals surface area contributed by atoms with E-state index in [1.54, 1.807) is 38.5 Å². The molecule has 0 amide bonds. The quantitative estimate of drug-likeness (QED) is 0.565. The van der Waals surface area contributed by atoms with Crippen molar-refractivity contribution in [3.63, 3.8) is 0 Å². The van der Waals surface area contributed by atoms with Gasteiger partial charge < -0.3 is 0 Å². The molecule has 4 bridgehead atoms. The van der Waals surface area contributed by atoms with Crippen molar-refractivity contribution in [3.05, 3.63) is 22.8 Å². The van der Waals surface area contributed by atoms with Crippen LogP contribution < -0.4 is 0 Å². The van der Waals surface area contributed by atoms with Gasteiger partial charge in [0.2, 0.25) is 0 Å². The number of fused-ring (bicyclic) bond motifs is 2. The van der Waals surface area contributed by atoms with Crippen molar-refractivity contribution in [2.45, 2.75) is 71.1 Å². The Bertz CT molecular complexity index is 554. The van der Waals surface area contributed by atoms with E-state index in [2.05, 4.69) is 13.0 Å². The van der Waals surface area contributed by atoms with Crippen LogP contribution in [0.25, 0.3) is 0 Å². The van der Waals surface area contributed by atoms with E-state index in [4.69, 9.17) is 0 Å². The highest BCUT2D eigenvalue weighted by atomic mass is 14.6. The first kappa shape index (κ1) is 12.8. The van der Waals surface area contributed by atoms with Gasteiger partial charge in [0.15, 0.2) is 0 Å². The smallest absolute Gasteiger partial charge is 0.00737 e. The van der Waals surface area contributed by atoms with Crippen LogP contribution in [0.3, 0.4) is 0 Å². The van der Waals surface area contributed by atoms with Gasteiger partial charge in [0.1, 0.15) is 0 Å². The van der Waals surface area contributed by atoms with Gasteiger partial charge in [-0.1, -0.05) is 30.6 Å². The van der Waals surface area contributed by atoms with Gasteiger partial charge in [0.05, 0.1) is 0 Å². The van der Waals surface area contributed by atoms with Gasteiger partial charge >= 0.3 is 0 Å². The summed E-state index contributed by atoms with van der Waals surface area (Å²) in [5, 5.41) is 0. The summed E-state index contributed by atoms with van der Waals surface area (Å²) in [6.45, 7) is 2.55. The van der Waals surface area contributed by atoms with Gasteiger partial charge in [-0.25, -0.2) is 0 Å². The third kappa shape index (κ3) is 1.51. The molecule has 0 aliphatic heterocycles. The second-order valence-corrected chi connectivity index (χ2v) is 10.0. The van der Waals surface area contributed by atoms with Crippen LogP contribution in [0.2, 0.25) is 0 Å². The Hall–Kier alpha value is -0.520. The summed E-state index contributed by atoms with van der Waals surface area (Å²) in [5.74, 6) is 6.19. The maximum Gasteiger partial charge on any atom is -0.00737 e. The first-order chi connectivity index (χ1) is 10.7. The predicted molar refractivity (Wildman–Crippen MR) is 90.3 cm³/mol. The number of hydrogen-bond acceptors (Lipinski definition) is 0. The fourth-order valence-corrected chi connectivity index (χ4v) is 8.50. The lowest BCUT2D eigenvalue weighted by atomic mass is 9.47. The average Bonchev–Trinajstić information content (AvgIpc) is 3.15. The van der Waals surface area contributed by atoms with Crippen molar-refractivity contribution in [1.82, 2.24) is 0 Å². The molecule has 3 atom stereocenters. The normalized spacial score (nSPS) is 54.9. The molecule has 7 rings (SSSR count). The summed E-state index contributed by atoms with van der Waals surface area (Å²) in [6, 6.07) is 0. The zero-order valence-corrected chi connectivity index (χ0v) is 14.1. The van der Waals surface area contributed by atoms with Gasteiger partial charge in [0.25, 0.3) is 0 Å². The van der Waals surface area contributed by atoms with Gasteiger partial charge in [-0.2, -0.15) is 0 Å². The van der Waals surface area contributed by atoms with E-state index in [1.165, 1.54) is 25.7 Å². The van der Waals surface area contributed by atoms with E-state index in [-0.39, 0.29) is 0 Å². The monoisotopic (exact) mass is 294 g/mol. The molecule has 0 spiro atoms. The zero-order chi connectivity index (χ0) is 14.5. The van der Waals surface area contributed by atoms with Crippen LogP contribution in [0.4, 0.5) is 0 Å². The van der Waals surface area contributed by atoms with Crippen molar-refractivity contribution < 1.29 is 0 Å². The number of allylic oxidation sites excluding steroid dienone is 4. The van der Waals surface area contributed by atoms with Gasteiger partial charge in [0, 0.05) is 0 Å². The summed E-state index contributed by atoms with van der Waals surface area (Å²) in [5.41, 5.74) is 6.36. The SMILES string of the molecule is CC1C2=C(CC(C34CC5CC(CC(C5)C3)C4)=C2)C2CCCC12. The molecule has 0 radical (unpaired) electrons. The van der Waals surface area contributed by atoms with E-state index < -0.39 is 0 Å². The maximum absolute atomic E-state index is 2.77. The topological polar surface area (TPSA) is 0 Å². The standard InChI is InChI=1S/C22H30/c1-13-18-3-2-4-19(18)21-9-17(8-20(13)21)22-10-14-5-15(11-22)7-16(6-14)12-22/h8,13-16,18-19H,2-7,9-12H2,1H3. The molecule has 0 saturated heterocycles. The summed E-state index contributed by atoms with van der Waals surface area (Å²) in [4.78, 5) is 0. The maximum atomic E-state index is 2.77. The molecule has 0 aromatic carbocycles. The second kappa shape index (κ2) is 4.11. The average molecular weight is 294 g/mol.